The van der Waals surface area contributed by atoms with Gasteiger partial charge in [-0.05, 0) is 29.3 Å². The molecule has 0 aromatic heterocycles. The van der Waals surface area contributed by atoms with Gasteiger partial charge in [-0.2, -0.15) is 5.10 Å². The summed E-state index contributed by atoms with van der Waals surface area (Å²) >= 11 is 0. The lowest BCUT2D eigenvalue weighted by Crippen LogP contribution is -2.21. The normalized spacial score (nSPS) is 10.4. The third-order valence-corrected chi connectivity index (χ3v) is 2.85. The lowest BCUT2D eigenvalue weighted by Gasteiger charge is -2.09. The minimum atomic E-state index is -1.09. The van der Waals surface area contributed by atoms with Crippen molar-refractivity contribution in [3.05, 3.63) is 65.2 Å². The van der Waals surface area contributed by atoms with E-state index in [1.54, 1.807) is 12.1 Å². The molecular formula is C16H16N4O3. The van der Waals surface area contributed by atoms with E-state index in [9.17, 15) is 9.90 Å². The minimum absolute atomic E-state index is 0.0366. The first kappa shape index (κ1) is 16.0. The van der Waals surface area contributed by atoms with E-state index in [1.807, 2.05) is 30.3 Å². The summed E-state index contributed by atoms with van der Waals surface area (Å²) in [5, 5.41) is 16.4. The monoisotopic (exact) mass is 312 g/mol. The molecule has 0 atom stereocenters. The molecule has 7 heteroatoms. The highest BCUT2D eigenvalue weighted by molar-refractivity contribution is 5.94. The second-order valence-corrected chi connectivity index (χ2v) is 4.60. The largest absolute Gasteiger partial charge is 0.488 e. The van der Waals surface area contributed by atoms with Gasteiger partial charge >= 0.3 is 5.97 Å². The fourth-order valence-corrected chi connectivity index (χ4v) is 1.82. The quantitative estimate of drug-likeness (QED) is 0.424. The Labute approximate surface area is 132 Å². The zero-order valence-corrected chi connectivity index (χ0v) is 12.2. The third kappa shape index (κ3) is 4.85. The summed E-state index contributed by atoms with van der Waals surface area (Å²) in [5.74, 6) is -0.993. The molecule has 0 spiro atoms. The number of hydrogen-bond acceptors (Lipinski definition) is 4. The Hall–Kier alpha value is -3.35. The molecule has 118 valence electrons. The van der Waals surface area contributed by atoms with Crippen LogP contribution in [-0.2, 0) is 6.61 Å². The van der Waals surface area contributed by atoms with E-state index in [0.717, 1.165) is 5.56 Å². The summed E-state index contributed by atoms with van der Waals surface area (Å²) in [4.78, 5) is 11.4. The van der Waals surface area contributed by atoms with Crippen LogP contribution >= 0.6 is 0 Å². The molecule has 0 saturated carbocycles. The molecule has 0 heterocycles. The maximum Gasteiger partial charge on any atom is 0.339 e. The summed E-state index contributed by atoms with van der Waals surface area (Å²) in [6, 6.07) is 14.2. The molecule has 0 radical (unpaired) electrons. The van der Waals surface area contributed by atoms with Crippen molar-refractivity contribution in [1.29, 1.82) is 0 Å². The predicted molar refractivity (Wildman–Crippen MR) is 87.6 cm³/mol. The highest BCUT2D eigenvalue weighted by Crippen LogP contribution is 2.21. The SMILES string of the molecule is NC(N)=NN=Cc1ccc(OCc2ccccc2)c(C(=O)O)c1. The average molecular weight is 312 g/mol. The minimum Gasteiger partial charge on any atom is -0.488 e. The van der Waals surface area contributed by atoms with Gasteiger partial charge in [0.1, 0.15) is 17.9 Å². The Bertz CT molecular complexity index is 738. The lowest BCUT2D eigenvalue weighted by atomic mass is 10.1. The second-order valence-electron chi connectivity index (χ2n) is 4.60. The first-order valence-electron chi connectivity index (χ1n) is 6.72. The number of guanidine groups is 1. The van der Waals surface area contributed by atoms with E-state index < -0.39 is 5.97 Å². The van der Waals surface area contributed by atoms with Gasteiger partial charge in [0.15, 0.2) is 0 Å². The molecule has 2 rings (SSSR count). The molecular weight excluding hydrogens is 296 g/mol. The number of hydrogen-bond donors (Lipinski definition) is 3. The molecule has 2 aromatic rings. The van der Waals surface area contributed by atoms with Crippen molar-refractivity contribution >= 4 is 18.1 Å². The van der Waals surface area contributed by atoms with Gasteiger partial charge in [0, 0.05) is 0 Å². The Balaban J connectivity index is 2.18. The van der Waals surface area contributed by atoms with Gasteiger partial charge in [0.05, 0.1) is 6.21 Å². The van der Waals surface area contributed by atoms with Crippen molar-refractivity contribution in [2.24, 2.45) is 21.7 Å². The van der Waals surface area contributed by atoms with Crippen LogP contribution in [0.2, 0.25) is 0 Å². The molecule has 0 amide bonds. The summed E-state index contributed by atoms with van der Waals surface area (Å²) in [7, 11) is 0. The number of nitrogens with two attached hydrogens (primary N) is 2. The Morgan fingerprint density at radius 2 is 1.91 bits per heavy atom. The van der Waals surface area contributed by atoms with E-state index >= 15 is 0 Å². The Morgan fingerprint density at radius 3 is 2.57 bits per heavy atom. The van der Waals surface area contributed by atoms with E-state index in [0.29, 0.717) is 5.56 Å². The van der Waals surface area contributed by atoms with Crippen molar-refractivity contribution < 1.29 is 14.6 Å². The van der Waals surface area contributed by atoms with Crippen molar-refractivity contribution in [2.45, 2.75) is 6.61 Å². The van der Waals surface area contributed by atoms with Crippen LogP contribution in [0.5, 0.6) is 5.75 Å². The number of benzene rings is 2. The van der Waals surface area contributed by atoms with Crippen molar-refractivity contribution in [2.75, 3.05) is 0 Å². The Kier molecular flexibility index (Phi) is 5.30. The van der Waals surface area contributed by atoms with Crippen molar-refractivity contribution in [3.8, 4) is 5.75 Å². The molecule has 23 heavy (non-hydrogen) atoms. The summed E-state index contributed by atoms with van der Waals surface area (Å²) in [6.45, 7) is 0.280. The maximum absolute atomic E-state index is 11.4. The zero-order valence-electron chi connectivity index (χ0n) is 12.2. The third-order valence-electron chi connectivity index (χ3n) is 2.85. The van der Waals surface area contributed by atoms with Crippen LogP contribution in [0.4, 0.5) is 0 Å². The van der Waals surface area contributed by atoms with E-state index in [-0.39, 0.29) is 23.9 Å². The fraction of sp³-hybridized carbons (Fsp3) is 0.0625. The smallest absolute Gasteiger partial charge is 0.339 e. The van der Waals surface area contributed by atoms with Gasteiger partial charge in [-0.25, -0.2) is 4.79 Å². The standard InChI is InChI=1S/C16H16N4O3/c17-16(18)20-19-9-12-6-7-14(13(8-12)15(21)22)23-10-11-4-2-1-3-5-11/h1-9H,10H2,(H,21,22)(H4,17,18,20). The summed E-state index contributed by atoms with van der Waals surface area (Å²) in [5.41, 5.74) is 11.8. The first-order valence-corrected chi connectivity index (χ1v) is 6.72. The zero-order chi connectivity index (χ0) is 16.7. The van der Waals surface area contributed by atoms with Crippen LogP contribution in [-0.4, -0.2) is 23.2 Å². The molecule has 0 bridgehead atoms. The highest BCUT2D eigenvalue weighted by atomic mass is 16.5. The van der Waals surface area contributed by atoms with Gasteiger partial charge in [0.2, 0.25) is 5.96 Å². The second kappa shape index (κ2) is 7.60. The van der Waals surface area contributed by atoms with Crippen molar-refractivity contribution in [3.63, 3.8) is 0 Å². The lowest BCUT2D eigenvalue weighted by molar-refractivity contribution is 0.0691. The van der Waals surface area contributed by atoms with Gasteiger partial charge in [-0.1, -0.05) is 30.3 Å². The number of carboxylic acids is 1. The molecule has 5 N–H and O–H groups in total. The van der Waals surface area contributed by atoms with Gasteiger partial charge in [0.25, 0.3) is 0 Å². The van der Waals surface area contributed by atoms with Crippen LogP contribution in [0.15, 0.2) is 58.7 Å². The van der Waals surface area contributed by atoms with Crippen molar-refractivity contribution in [1.82, 2.24) is 0 Å². The molecule has 0 aliphatic carbocycles. The number of carboxylic acid groups (broad SMARTS) is 1. The fourth-order valence-electron chi connectivity index (χ4n) is 1.82. The van der Waals surface area contributed by atoms with Crippen LogP contribution in [0.3, 0.4) is 0 Å². The molecule has 0 saturated heterocycles. The average Bonchev–Trinajstić information content (AvgIpc) is 2.54. The molecule has 0 fully saturated rings. The van der Waals surface area contributed by atoms with E-state index in [4.69, 9.17) is 16.2 Å². The number of nitrogens with zero attached hydrogens (tertiary/aromatic N) is 2. The Morgan fingerprint density at radius 1 is 1.17 bits per heavy atom. The van der Waals surface area contributed by atoms with Gasteiger partial charge in [-0.3, -0.25) is 0 Å². The van der Waals surface area contributed by atoms with Gasteiger partial charge < -0.3 is 21.3 Å². The van der Waals surface area contributed by atoms with E-state index in [2.05, 4.69) is 10.2 Å². The molecule has 0 aliphatic heterocycles. The van der Waals surface area contributed by atoms with Crippen LogP contribution in [0, 0.1) is 0 Å². The topological polar surface area (TPSA) is 123 Å². The van der Waals surface area contributed by atoms with E-state index in [1.165, 1.54) is 12.3 Å². The number of rotatable bonds is 6. The van der Waals surface area contributed by atoms with Crippen LogP contribution in [0.25, 0.3) is 0 Å². The molecule has 0 aliphatic rings. The van der Waals surface area contributed by atoms with Crippen LogP contribution < -0.4 is 16.2 Å². The number of carbonyl (C=O) groups is 1. The maximum atomic E-state index is 11.4. The molecule has 7 nitrogen and oxygen atoms in total. The summed E-state index contributed by atoms with van der Waals surface area (Å²) in [6.07, 6.45) is 1.35. The summed E-state index contributed by atoms with van der Waals surface area (Å²) < 4.78 is 5.59. The molecule has 0 unspecified atom stereocenters. The highest BCUT2D eigenvalue weighted by Gasteiger charge is 2.12. The van der Waals surface area contributed by atoms with Crippen LogP contribution in [0.1, 0.15) is 21.5 Å². The first-order chi connectivity index (χ1) is 11.1. The molecule has 2 aromatic carbocycles. The predicted octanol–water partition coefficient (Wildman–Crippen LogP) is 1.57. The number of ether oxygens (including phenoxy) is 1. The number of aromatic carboxylic acids is 1. The van der Waals surface area contributed by atoms with Gasteiger partial charge in [-0.15, -0.1) is 5.10 Å².